The van der Waals surface area contributed by atoms with Crippen molar-refractivity contribution in [2.24, 2.45) is 11.7 Å². The number of nitrogens with one attached hydrogen (secondary N) is 1. The maximum atomic E-state index is 12.3. The predicted molar refractivity (Wildman–Crippen MR) is 88.0 cm³/mol. The van der Waals surface area contributed by atoms with Gasteiger partial charge in [0.15, 0.2) is 18.1 Å². The van der Waals surface area contributed by atoms with Gasteiger partial charge in [-0.1, -0.05) is 6.92 Å². The highest BCUT2D eigenvalue weighted by Gasteiger charge is 2.19. The average molecular weight is 354 g/mol. The van der Waals surface area contributed by atoms with Crippen molar-refractivity contribution in [3.8, 4) is 17.2 Å². The van der Waals surface area contributed by atoms with Crippen LogP contribution in [0.5, 0.6) is 17.2 Å². The van der Waals surface area contributed by atoms with Gasteiger partial charge in [-0.3, -0.25) is 14.4 Å². The van der Waals surface area contributed by atoms with Gasteiger partial charge in [0.25, 0.3) is 11.8 Å². The highest BCUT2D eigenvalue weighted by atomic mass is 16.5. The third-order valence-corrected chi connectivity index (χ3v) is 3.22. The molecule has 25 heavy (non-hydrogen) atoms. The van der Waals surface area contributed by atoms with Crippen molar-refractivity contribution in [2.75, 3.05) is 27.4 Å². The molecule has 0 spiro atoms. The first-order chi connectivity index (χ1) is 11.8. The van der Waals surface area contributed by atoms with Crippen molar-refractivity contribution in [1.82, 2.24) is 5.32 Å². The quantitative estimate of drug-likeness (QED) is 0.553. The van der Waals surface area contributed by atoms with Crippen LogP contribution in [0.15, 0.2) is 12.1 Å². The third kappa shape index (κ3) is 6.21. The van der Waals surface area contributed by atoms with E-state index < -0.39 is 17.8 Å². The maximum absolute atomic E-state index is 12.3. The van der Waals surface area contributed by atoms with Crippen molar-refractivity contribution in [1.29, 1.82) is 0 Å². The second kappa shape index (κ2) is 9.36. The summed E-state index contributed by atoms with van der Waals surface area (Å²) in [5.74, 6) is -1.69. The molecule has 1 unspecified atom stereocenters. The molecular weight excluding hydrogens is 332 g/mol. The summed E-state index contributed by atoms with van der Waals surface area (Å²) in [6.45, 7) is 1.55. The van der Waals surface area contributed by atoms with Crippen LogP contribution in [0.4, 0.5) is 0 Å². The number of primary amides is 1. The van der Waals surface area contributed by atoms with Crippen LogP contribution >= 0.6 is 0 Å². The van der Waals surface area contributed by atoms with E-state index in [2.05, 4.69) is 5.32 Å². The number of ether oxygens (including phenoxy) is 3. The monoisotopic (exact) mass is 354 g/mol. The summed E-state index contributed by atoms with van der Waals surface area (Å²) >= 11 is 0. The van der Waals surface area contributed by atoms with Gasteiger partial charge in [0.2, 0.25) is 5.75 Å². The number of carboxylic acid groups (broad SMARTS) is 1. The van der Waals surface area contributed by atoms with Gasteiger partial charge in [0, 0.05) is 18.5 Å². The highest BCUT2D eigenvalue weighted by Crippen LogP contribution is 2.38. The number of hydrogen-bond acceptors (Lipinski definition) is 6. The predicted octanol–water partition coefficient (Wildman–Crippen LogP) is 0.409. The second-order valence-electron chi connectivity index (χ2n) is 5.38. The molecule has 0 aliphatic rings. The molecule has 2 amide bonds. The molecule has 0 fully saturated rings. The first kappa shape index (κ1) is 20.1. The minimum atomic E-state index is -0.930. The summed E-state index contributed by atoms with van der Waals surface area (Å²) in [5.41, 5.74) is 5.29. The second-order valence-corrected chi connectivity index (χ2v) is 5.38. The Morgan fingerprint density at radius 1 is 1.20 bits per heavy atom. The molecule has 9 nitrogen and oxygen atoms in total. The number of carbonyl (C=O) groups excluding carboxylic acids is 2. The molecule has 0 saturated carbocycles. The molecule has 1 atom stereocenters. The first-order valence-corrected chi connectivity index (χ1v) is 7.45. The normalized spacial score (nSPS) is 11.3. The summed E-state index contributed by atoms with van der Waals surface area (Å²) in [6.07, 6.45) is -0.0488. The summed E-state index contributed by atoms with van der Waals surface area (Å²) in [5, 5.41) is 11.4. The average Bonchev–Trinajstić information content (AvgIpc) is 2.56. The van der Waals surface area contributed by atoms with Gasteiger partial charge in [-0.05, 0) is 18.1 Å². The van der Waals surface area contributed by atoms with E-state index in [1.165, 1.54) is 26.4 Å². The van der Waals surface area contributed by atoms with Gasteiger partial charge in [-0.2, -0.15) is 0 Å². The van der Waals surface area contributed by atoms with Crippen molar-refractivity contribution in [3.05, 3.63) is 17.7 Å². The van der Waals surface area contributed by atoms with Crippen molar-refractivity contribution >= 4 is 17.8 Å². The molecule has 1 rings (SSSR count). The molecule has 0 aromatic heterocycles. The molecule has 138 valence electrons. The Morgan fingerprint density at radius 2 is 1.76 bits per heavy atom. The lowest BCUT2D eigenvalue weighted by atomic mass is 10.1. The minimum Gasteiger partial charge on any atom is -0.493 e. The third-order valence-electron chi connectivity index (χ3n) is 3.22. The largest absolute Gasteiger partial charge is 0.493 e. The lowest BCUT2D eigenvalue weighted by Gasteiger charge is -2.16. The van der Waals surface area contributed by atoms with E-state index in [9.17, 15) is 14.4 Å². The smallest absolute Gasteiger partial charge is 0.303 e. The number of methoxy groups -OCH3 is 2. The zero-order valence-corrected chi connectivity index (χ0v) is 14.3. The van der Waals surface area contributed by atoms with Crippen LogP contribution in [0.25, 0.3) is 0 Å². The molecule has 4 N–H and O–H groups in total. The van der Waals surface area contributed by atoms with Gasteiger partial charge in [-0.15, -0.1) is 0 Å². The van der Waals surface area contributed by atoms with Gasteiger partial charge in [-0.25, -0.2) is 0 Å². The van der Waals surface area contributed by atoms with Crippen LogP contribution in [0, 0.1) is 5.92 Å². The molecule has 9 heteroatoms. The van der Waals surface area contributed by atoms with Crippen LogP contribution in [-0.4, -0.2) is 50.3 Å². The fourth-order valence-electron chi connectivity index (χ4n) is 2.04. The summed E-state index contributed by atoms with van der Waals surface area (Å²) in [4.78, 5) is 33.8. The van der Waals surface area contributed by atoms with Gasteiger partial charge >= 0.3 is 5.97 Å². The Hall–Kier alpha value is -2.97. The lowest BCUT2D eigenvalue weighted by Crippen LogP contribution is -2.29. The number of carbonyl (C=O) groups is 3. The maximum Gasteiger partial charge on any atom is 0.303 e. The fourth-order valence-corrected chi connectivity index (χ4v) is 2.04. The Bertz CT molecular complexity index is 620. The molecule has 0 heterocycles. The number of hydrogen-bond donors (Lipinski definition) is 3. The van der Waals surface area contributed by atoms with E-state index in [1.54, 1.807) is 6.92 Å². The van der Waals surface area contributed by atoms with Crippen molar-refractivity contribution in [3.63, 3.8) is 0 Å². The standard InChI is InChI=1S/C16H22N2O7/c1-9(4-14(20)21)7-18-16(22)10-5-11(23-2)15(12(6-10)24-3)25-8-13(17)19/h5-6,9H,4,7-8H2,1-3H3,(H2,17,19)(H,18,22)(H,20,21). The van der Waals surface area contributed by atoms with Gasteiger partial charge in [0.1, 0.15) is 0 Å². The Morgan fingerprint density at radius 3 is 2.20 bits per heavy atom. The zero-order valence-electron chi connectivity index (χ0n) is 14.3. The van der Waals surface area contributed by atoms with E-state index in [1.807, 2.05) is 0 Å². The molecule has 0 radical (unpaired) electrons. The topological polar surface area (TPSA) is 137 Å². The van der Waals surface area contributed by atoms with E-state index in [0.717, 1.165) is 0 Å². The molecule has 0 bridgehead atoms. The Kier molecular flexibility index (Phi) is 7.51. The Labute approximate surface area is 145 Å². The van der Waals surface area contributed by atoms with Crippen molar-refractivity contribution < 1.29 is 33.7 Å². The molecule has 0 saturated heterocycles. The Balaban J connectivity index is 2.94. The molecule has 0 aliphatic heterocycles. The number of rotatable bonds is 10. The van der Waals surface area contributed by atoms with Crippen LogP contribution in [0.3, 0.4) is 0 Å². The number of benzene rings is 1. The number of amides is 2. The molecule has 1 aromatic rings. The summed E-state index contributed by atoms with van der Waals surface area (Å²) in [7, 11) is 2.75. The van der Waals surface area contributed by atoms with Gasteiger partial charge in [0.05, 0.1) is 14.2 Å². The molecular formula is C16H22N2O7. The van der Waals surface area contributed by atoms with E-state index in [0.29, 0.717) is 0 Å². The fraction of sp³-hybridized carbons (Fsp3) is 0.438. The van der Waals surface area contributed by atoms with Crippen molar-refractivity contribution in [2.45, 2.75) is 13.3 Å². The number of aliphatic carboxylic acids is 1. The highest BCUT2D eigenvalue weighted by molar-refractivity contribution is 5.95. The first-order valence-electron chi connectivity index (χ1n) is 7.45. The van der Waals surface area contributed by atoms with Gasteiger partial charge < -0.3 is 30.4 Å². The van der Waals surface area contributed by atoms with E-state index in [-0.39, 0.29) is 48.3 Å². The summed E-state index contributed by atoms with van der Waals surface area (Å²) < 4.78 is 15.6. The lowest BCUT2D eigenvalue weighted by molar-refractivity contribution is -0.137. The van der Waals surface area contributed by atoms with Crippen LogP contribution in [0.1, 0.15) is 23.7 Å². The van der Waals surface area contributed by atoms with Crippen LogP contribution in [0.2, 0.25) is 0 Å². The number of carboxylic acids is 1. The van der Waals surface area contributed by atoms with E-state index in [4.69, 9.17) is 25.1 Å². The van der Waals surface area contributed by atoms with Crippen LogP contribution < -0.4 is 25.3 Å². The minimum absolute atomic E-state index is 0.0488. The van der Waals surface area contributed by atoms with Crippen LogP contribution in [-0.2, 0) is 9.59 Å². The SMILES string of the molecule is COc1cc(C(=O)NCC(C)CC(=O)O)cc(OC)c1OCC(N)=O. The number of nitrogens with two attached hydrogens (primary N) is 1. The zero-order chi connectivity index (χ0) is 19.0. The molecule has 1 aromatic carbocycles. The summed E-state index contributed by atoms with van der Waals surface area (Å²) in [6, 6.07) is 2.85. The molecule has 0 aliphatic carbocycles. The van der Waals surface area contributed by atoms with E-state index >= 15 is 0 Å².